The standard InChI is InChI=1S/C17H20BrN3O4/c1-3-4-9-20-15(23)16(24)21(17(20)25)10-14(22)19-11(2)12-5-7-13(18)8-6-12/h5-8,11H,3-4,9-10H2,1-2H3,(H,19,22). The highest BCUT2D eigenvalue weighted by molar-refractivity contribution is 9.10. The van der Waals surface area contributed by atoms with Gasteiger partial charge in [0.2, 0.25) is 5.91 Å². The molecule has 1 aromatic rings. The van der Waals surface area contributed by atoms with Crippen LogP contribution >= 0.6 is 15.9 Å². The number of nitrogens with one attached hydrogen (secondary N) is 1. The zero-order valence-electron chi connectivity index (χ0n) is 14.1. The van der Waals surface area contributed by atoms with Crippen LogP contribution < -0.4 is 5.32 Å². The minimum atomic E-state index is -0.951. The van der Waals surface area contributed by atoms with Gasteiger partial charge in [-0.2, -0.15) is 0 Å². The molecule has 7 nitrogen and oxygen atoms in total. The van der Waals surface area contributed by atoms with Crippen LogP contribution in [-0.2, 0) is 14.4 Å². The number of hydrogen-bond donors (Lipinski definition) is 1. The van der Waals surface area contributed by atoms with Crippen molar-refractivity contribution in [3.05, 3.63) is 34.3 Å². The average Bonchev–Trinajstić information content (AvgIpc) is 2.77. The molecule has 1 fully saturated rings. The molecule has 5 amide bonds. The molecule has 1 N–H and O–H groups in total. The Labute approximate surface area is 154 Å². The third-order valence-corrected chi connectivity index (χ3v) is 4.45. The van der Waals surface area contributed by atoms with Gasteiger partial charge in [0.1, 0.15) is 6.54 Å². The number of benzene rings is 1. The first-order valence-corrected chi connectivity index (χ1v) is 8.86. The van der Waals surface area contributed by atoms with Crippen LogP contribution in [0.1, 0.15) is 38.3 Å². The summed E-state index contributed by atoms with van der Waals surface area (Å²) in [5, 5.41) is 2.73. The molecule has 1 aliphatic rings. The molecular formula is C17H20BrN3O4. The van der Waals surface area contributed by atoms with Crippen LogP contribution in [0.3, 0.4) is 0 Å². The molecule has 1 heterocycles. The summed E-state index contributed by atoms with van der Waals surface area (Å²) in [5.41, 5.74) is 0.885. The number of amides is 5. The quantitative estimate of drug-likeness (QED) is 0.552. The molecule has 25 heavy (non-hydrogen) atoms. The number of carbonyl (C=O) groups excluding carboxylic acids is 4. The van der Waals surface area contributed by atoms with Crippen molar-refractivity contribution in [3.63, 3.8) is 0 Å². The lowest BCUT2D eigenvalue weighted by Crippen LogP contribution is -2.42. The largest absolute Gasteiger partial charge is 0.348 e. The number of imide groups is 2. The maximum Gasteiger partial charge on any atom is 0.334 e. The molecular weight excluding hydrogens is 390 g/mol. The number of nitrogens with zero attached hydrogens (tertiary/aromatic N) is 2. The zero-order valence-corrected chi connectivity index (χ0v) is 15.7. The summed E-state index contributed by atoms with van der Waals surface area (Å²) in [7, 11) is 0. The second-order valence-electron chi connectivity index (χ2n) is 5.82. The van der Waals surface area contributed by atoms with E-state index in [1.165, 1.54) is 0 Å². The molecule has 0 radical (unpaired) electrons. The minimum absolute atomic E-state index is 0.188. The number of rotatable bonds is 7. The predicted molar refractivity (Wildman–Crippen MR) is 94.4 cm³/mol. The molecule has 0 bridgehead atoms. The Morgan fingerprint density at radius 2 is 1.72 bits per heavy atom. The van der Waals surface area contributed by atoms with Crippen LogP contribution in [0.2, 0.25) is 0 Å². The van der Waals surface area contributed by atoms with E-state index in [2.05, 4.69) is 21.2 Å². The maximum atomic E-state index is 12.2. The number of urea groups is 1. The van der Waals surface area contributed by atoms with E-state index in [1.807, 2.05) is 31.2 Å². The van der Waals surface area contributed by atoms with Gasteiger partial charge in [0, 0.05) is 11.0 Å². The van der Waals surface area contributed by atoms with Crippen molar-refractivity contribution < 1.29 is 19.2 Å². The summed E-state index contributed by atoms with van der Waals surface area (Å²) >= 11 is 3.34. The first-order chi connectivity index (χ1) is 11.8. The topological polar surface area (TPSA) is 86.8 Å². The zero-order chi connectivity index (χ0) is 18.6. The van der Waals surface area contributed by atoms with Crippen LogP contribution in [0, 0.1) is 0 Å². The number of halogens is 1. The minimum Gasteiger partial charge on any atom is -0.348 e. The van der Waals surface area contributed by atoms with Crippen molar-refractivity contribution in [2.75, 3.05) is 13.1 Å². The molecule has 0 spiro atoms. The fraction of sp³-hybridized carbons (Fsp3) is 0.412. The van der Waals surface area contributed by atoms with Crippen LogP contribution in [0.15, 0.2) is 28.7 Å². The van der Waals surface area contributed by atoms with Crippen molar-refractivity contribution in [3.8, 4) is 0 Å². The predicted octanol–water partition coefficient (Wildman–Crippen LogP) is 2.22. The summed E-state index contributed by atoms with van der Waals surface area (Å²) < 4.78 is 0.925. The summed E-state index contributed by atoms with van der Waals surface area (Å²) in [6.45, 7) is 3.44. The van der Waals surface area contributed by atoms with Gasteiger partial charge < -0.3 is 5.32 Å². The summed E-state index contributed by atoms with van der Waals surface area (Å²) in [6.07, 6.45) is 1.40. The molecule has 0 aromatic heterocycles. The van der Waals surface area contributed by atoms with E-state index in [0.717, 1.165) is 21.4 Å². The lowest BCUT2D eigenvalue weighted by Gasteiger charge is -2.18. The number of carbonyl (C=O) groups is 4. The van der Waals surface area contributed by atoms with Gasteiger partial charge in [-0.15, -0.1) is 0 Å². The third-order valence-electron chi connectivity index (χ3n) is 3.92. The van der Waals surface area contributed by atoms with Crippen LogP contribution in [0.25, 0.3) is 0 Å². The van der Waals surface area contributed by atoms with Crippen molar-refractivity contribution in [1.29, 1.82) is 0 Å². The van der Waals surface area contributed by atoms with Crippen LogP contribution in [0.5, 0.6) is 0 Å². The lowest BCUT2D eigenvalue weighted by molar-refractivity contribution is -0.144. The molecule has 1 aliphatic heterocycles. The Morgan fingerprint density at radius 1 is 1.12 bits per heavy atom. The Balaban J connectivity index is 1.97. The Kier molecular flexibility index (Phi) is 6.30. The molecule has 1 unspecified atom stereocenters. The fourth-order valence-corrected chi connectivity index (χ4v) is 2.73. The molecule has 1 atom stereocenters. The van der Waals surface area contributed by atoms with Gasteiger partial charge in [0.05, 0.1) is 6.04 Å². The van der Waals surface area contributed by atoms with Gasteiger partial charge in [0.15, 0.2) is 0 Å². The highest BCUT2D eigenvalue weighted by Crippen LogP contribution is 2.17. The van der Waals surface area contributed by atoms with Gasteiger partial charge >= 0.3 is 17.8 Å². The van der Waals surface area contributed by atoms with Gasteiger partial charge in [0.25, 0.3) is 0 Å². The van der Waals surface area contributed by atoms with E-state index in [1.54, 1.807) is 6.92 Å². The number of unbranched alkanes of at least 4 members (excludes halogenated alkanes) is 1. The van der Waals surface area contributed by atoms with Crippen molar-refractivity contribution in [2.45, 2.75) is 32.7 Å². The van der Waals surface area contributed by atoms with E-state index >= 15 is 0 Å². The van der Waals surface area contributed by atoms with Gasteiger partial charge in [-0.1, -0.05) is 41.4 Å². The average molecular weight is 410 g/mol. The smallest absolute Gasteiger partial charge is 0.334 e. The normalized spacial score (nSPS) is 15.7. The van der Waals surface area contributed by atoms with Gasteiger partial charge in [-0.25, -0.2) is 9.69 Å². The van der Waals surface area contributed by atoms with E-state index in [0.29, 0.717) is 11.3 Å². The summed E-state index contributed by atoms with van der Waals surface area (Å²) in [6, 6.07) is 6.41. The van der Waals surface area contributed by atoms with Crippen molar-refractivity contribution in [2.24, 2.45) is 0 Å². The molecule has 0 aliphatic carbocycles. The first kappa shape index (κ1) is 19.1. The molecule has 8 heteroatoms. The Bertz CT molecular complexity index is 690. The maximum absolute atomic E-state index is 12.2. The monoisotopic (exact) mass is 409 g/mol. The van der Waals surface area contributed by atoms with Crippen LogP contribution in [-0.4, -0.2) is 46.6 Å². The Morgan fingerprint density at radius 3 is 2.32 bits per heavy atom. The van der Waals surface area contributed by atoms with Crippen LogP contribution in [0.4, 0.5) is 4.79 Å². The lowest BCUT2D eigenvalue weighted by atomic mass is 10.1. The number of hydrogen-bond acceptors (Lipinski definition) is 4. The molecule has 1 aromatic carbocycles. The highest BCUT2D eigenvalue weighted by atomic mass is 79.9. The Hall–Kier alpha value is -2.22. The third kappa shape index (κ3) is 4.45. The van der Waals surface area contributed by atoms with Crippen molar-refractivity contribution in [1.82, 2.24) is 15.1 Å². The summed E-state index contributed by atoms with van der Waals surface area (Å²) in [4.78, 5) is 49.8. The fourth-order valence-electron chi connectivity index (χ4n) is 2.47. The van der Waals surface area contributed by atoms with Gasteiger partial charge in [-0.05, 0) is 31.0 Å². The van der Waals surface area contributed by atoms with Gasteiger partial charge in [-0.3, -0.25) is 19.3 Å². The molecule has 1 saturated heterocycles. The molecule has 0 saturated carbocycles. The van der Waals surface area contributed by atoms with E-state index in [-0.39, 0.29) is 12.6 Å². The molecule has 2 rings (SSSR count). The highest BCUT2D eigenvalue weighted by Gasteiger charge is 2.44. The van der Waals surface area contributed by atoms with Crippen molar-refractivity contribution >= 4 is 39.7 Å². The van der Waals surface area contributed by atoms with E-state index in [4.69, 9.17) is 0 Å². The second-order valence-corrected chi connectivity index (χ2v) is 6.74. The van der Waals surface area contributed by atoms with E-state index in [9.17, 15) is 19.2 Å². The second kappa shape index (κ2) is 8.24. The SMILES string of the molecule is CCCCN1C(=O)C(=O)N(CC(=O)NC(C)c2ccc(Br)cc2)C1=O. The first-order valence-electron chi connectivity index (χ1n) is 8.07. The summed E-state index contributed by atoms with van der Waals surface area (Å²) in [5.74, 6) is -2.32. The van der Waals surface area contributed by atoms with E-state index < -0.39 is 30.3 Å². The molecule has 134 valence electrons.